The Bertz CT molecular complexity index is 1410. The van der Waals surface area contributed by atoms with Gasteiger partial charge in [0, 0.05) is 28.3 Å². The van der Waals surface area contributed by atoms with Crippen LogP contribution in [-0.4, -0.2) is 15.2 Å². The maximum atomic E-state index is 11.8. The molecule has 5 nitrogen and oxygen atoms in total. The molecule has 0 unspecified atom stereocenters. The van der Waals surface area contributed by atoms with Gasteiger partial charge in [0.25, 0.3) is 0 Å². The SMILES string of the molecule is O=c1ccc2c(c1)oc1c(-c3cccc(O)c3)cc(-c3cccc(O)c3)[nH]c12. The number of aromatic amines is 1. The Balaban J connectivity index is 1.90. The van der Waals surface area contributed by atoms with Gasteiger partial charge < -0.3 is 19.6 Å². The lowest BCUT2D eigenvalue weighted by Gasteiger charge is -2.09. The van der Waals surface area contributed by atoms with Crippen LogP contribution in [0.5, 0.6) is 11.5 Å². The fraction of sp³-hybridized carbons (Fsp3) is 0. The number of fused-ring (bicyclic) bond motifs is 3. The van der Waals surface area contributed by atoms with E-state index in [9.17, 15) is 15.0 Å². The number of hydrogen-bond acceptors (Lipinski definition) is 4. The van der Waals surface area contributed by atoms with E-state index in [4.69, 9.17) is 4.42 Å². The number of hydrogen-bond donors (Lipinski definition) is 3. The molecule has 0 saturated heterocycles. The Labute approximate surface area is 159 Å². The van der Waals surface area contributed by atoms with Crippen LogP contribution in [0.2, 0.25) is 0 Å². The van der Waals surface area contributed by atoms with Crippen molar-refractivity contribution in [1.29, 1.82) is 0 Å². The van der Waals surface area contributed by atoms with Crippen LogP contribution in [0.3, 0.4) is 0 Å². The van der Waals surface area contributed by atoms with Crippen LogP contribution in [0.15, 0.2) is 82.0 Å². The standard InChI is InChI=1S/C23H15NO4/c25-15-5-1-3-13(9-15)19-12-20(14-4-2-6-16(26)10-14)24-22-18-8-7-17(27)11-21(18)28-23(19)22/h1-12,24-26H. The number of phenolic OH excluding ortho intramolecular Hbond substituents is 2. The summed E-state index contributed by atoms with van der Waals surface area (Å²) < 4.78 is 6.01. The maximum Gasteiger partial charge on any atom is 0.182 e. The maximum absolute atomic E-state index is 11.8. The third kappa shape index (κ3) is 2.61. The number of aromatic nitrogens is 1. The molecule has 2 aromatic heterocycles. The number of rotatable bonds is 2. The molecule has 5 heteroatoms. The molecule has 0 spiro atoms. The van der Waals surface area contributed by atoms with E-state index in [-0.39, 0.29) is 16.9 Å². The van der Waals surface area contributed by atoms with Crippen molar-refractivity contribution in [3.8, 4) is 33.9 Å². The van der Waals surface area contributed by atoms with Gasteiger partial charge in [-0.25, -0.2) is 0 Å². The summed E-state index contributed by atoms with van der Waals surface area (Å²) in [4.78, 5) is 15.1. The van der Waals surface area contributed by atoms with Gasteiger partial charge >= 0.3 is 0 Å². The second-order valence-corrected chi connectivity index (χ2v) is 6.66. The lowest BCUT2D eigenvalue weighted by Crippen LogP contribution is -1.92. The molecule has 0 aliphatic carbocycles. The predicted octanol–water partition coefficient (Wildman–Crippen LogP) is 5.02. The van der Waals surface area contributed by atoms with Gasteiger partial charge in [-0.3, -0.25) is 4.79 Å². The van der Waals surface area contributed by atoms with Crippen LogP contribution in [0.25, 0.3) is 44.5 Å². The highest BCUT2D eigenvalue weighted by atomic mass is 16.3. The lowest BCUT2D eigenvalue weighted by atomic mass is 10.0. The molecule has 0 aliphatic heterocycles. The minimum Gasteiger partial charge on any atom is -0.508 e. The first-order chi connectivity index (χ1) is 13.6. The first-order valence-electron chi connectivity index (χ1n) is 8.77. The normalized spacial score (nSPS) is 11.3. The van der Waals surface area contributed by atoms with Crippen molar-refractivity contribution in [2.75, 3.05) is 0 Å². The Morgan fingerprint density at radius 2 is 1.50 bits per heavy atom. The lowest BCUT2D eigenvalue weighted by molar-refractivity contribution is 0.475. The molecule has 0 aliphatic rings. The van der Waals surface area contributed by atoms with Crippen LogP contribution in [-0.2, 0) is 0 Å². The van der Waals surface area contributed by atoms with Crippen molar-refractivity contribution in [2.24, 2.45) is 0 Å². The van der Waals surface area contributed by atoms with E-state index in [0.29, 0.717) is 11.2 Å². The summed E-state index contributed by atoms with van der Waals surface area (Å²) >= 11 is 0. The summed E-state index contributed by atoms with van der Waals surface area (Å²) in [6.07, 6.45) is 0. The molecule has 136 valence electrons. The second-order valence-electron chi connectivity index (χ2n) is 6.66. The second kappa shape index (κ2) is 6.03. The van der Waals surface area contributed by atoms with Gasteiger partial charge in [-0.05, 0) is 48.0 Å². The molecule has 28 heavy (non-hydrogen) atoms. The largest absolute Gasteiger partial charge is 0.508 e. The molecule has 3 N–H and O–H groups in total. The summed E-state index contributed by atoms with van der Waals surface area (Å²) in [5.74, 6) is 0.313. The van der Waals surface area contributed by atoms with Crippen LogP contribution < -0.4 is 5.43 Å². The third-order valence-corrected chi connectivity index (χ3v) is 4.77. The van der Waals surface area contributed by atoms with Crippen molar-refractivity contribution < 1.29 is 14.6 Å². The molecule has 5 aromatic rings. The van der Waals surface area contributed by atoms with Gasteiger partial charge in [0.1, 0.15) is 17.1 Å². The minimum absolute atomic E-state index is 0.126. The Morgan fingerprint density at radius 1 is 0.786 bits per heavy atom. The van der Waals surface area contributed by atoms with Crippen LogP contribution in [0.1, 0.15) is 0 Å². The Morgan fingerprint density at radius 3 is 2.25 bits per heavy atom. The van der Waals surface area contributed by atoms with Gasteiger partial charge in [0.2, 0.25) is 0 Å². The van der Waals surface area contributed by atoms with Gasteiger partial charge in [-0.15, -0.1) is 0 Å². The van der Waals surface area contributed by atoms with Crippen molar-refractivity contribution >= 4 is 22.1 Å². The highest BCUT2D eigenvalue weighted by Gasteiger charge is 2.16. The van der Waals surface area contributed by atoms with Gasteiger partial charge in [0.05, 0.1) is 5.52 Å². The molecule has 0 amide bonds. The van der Waals surface area contributed by atoms with Gasteiger partial charge in [-0.2, -0.15) is 0 Å². The fourth-order valence-electron chi connectivity index (χ4n) is 3.49. The van der Waals surface area contributed by atoms with Crippen LogP contribution >= 0.6 is 0 Å². The molecule has 5 rings (SSSR count). The van der Waals surface area contributed by atoms with Crippen LogP contribution in [0, 0.1) is 0 Å². The van der Waals surface area contributed by atoms with E-state index < -0.39 is 0 Å². The van der Waals surface area contributed by atoms with Gasteiger partial charge in [0.15, 0.2) is 11.0 Å². The van der Waals surface area contributed by atoms with Crippen LogP contribution in [0.4, 0.5) is 0 Å². The fourth-order valence-corrected chi connectivity index (χ4v) is 3.49. The summed E-state index contributed by atoms with van der Waals surface area (Å²) in [7, 11) is 0. The minimum atomic E-state index is -0.126. The molecule has 0 fully saturated rings. The highest BCUT2D eigenvalue weighted by Crippen LogP contribution is 2.38. The smallest absolute Gasteiger partial charge is 0.182 e. The average molecular weight is 369 g/mol. The topological polar surface area (TPSA) is 86.5 Å². The zero-order valence-electron chi connectivity index (χ0n) is 14.6. The zero-order chi connectivity index (χ0) is 19.3. The average Bonchev–Trinajstić information content (AvgIpc) is 3.04. The van der Waals surface area contributed by atoms with E-state index in [1.54, 1.807) is 42.5 Å². The first kappa shape index (κ1) is 16.2. The van der Waals surface area contributed by atoms with Crippen molar-refractivity contribution in [1.82, 2.24) is 4.98 Å². The Kier molecular flexibility index (Phi) is 3.49. The Hall–Kier alpha value is -3.99. The van der Waals surface area contributed by atoms with E-state index in [0.717, 1.165) is 33.3 Å². The molecule has 3 aromatic carbocycles. The highest BCUT2D eigenvalue weighted by molar-refractivity contribution is 6.08. The number of aromatic hydroxyl groups is 2. The van der Waals surface area contributed by atoms with E-state index in [1.165, 1.54) is 12.1 Å². The summed E-state index contributed by atoms with van der Waals surface area (Å²) in [6.45, 7) is 0. The number of furan rings is 1. The number of nitrogens with one attached hydrogen (secondary N) is 1. The molecule has 2 heterocycles. The summed E-state index contributed by atoms with van der Waals surface area (Å²) in [5.41, 5.74) is 4.83. The summed E-state index contributed by atoms with van der Waals surface area (Å²) in [5, 5.41) is 20.6. The molecular formula is C23H15NO4. The molecule has 0 atom stereocenters. The number of benzene rings is 3. The van der Waals surface area contributed by atoms with Crippen molar-refractivity contribution in [3.63, 3.8) is 0 Å². The number of phenols is 2. The molecular weight excluding hydrogens is 354 g/mol. The number of pyridine rings is 1. The van der Waals surface area contributed by atoms with E-state index >= 15 is 0 Å². The van der Waals surface area contributed by atoms with Crippen molar-refractivity contribution in [3.05, 3.63) is 83.0 Å². The zero-order valence-corrected chi connectivity index (χ0v) is 14.6. The van der Waals surface area contributed by atoms with E-state index in [2.05, 4.69) is 4.98 Å². The van der Waals surface area contributed by atoms with Crippen molar-refractivity contribution in [2.45, 2.75) is 0 Å². The number of H-pyrrole nitrogens is 1. The van der Waals surface area contributed by atoms with Gasteiger partial charge in [-0.1, -0.05) is 24.3 Å². The molecule has 0 saturated carbocycles. The predicted molar refractivity (Wildman–Crippen MR) is 109 cm³/mol. The summed E-state index contributed by atoms with van der Waals surface area (Å²) in [6, 6.07) is 20.5. The first-order valence-corrected chi connectivity index (χ1v) is 8.77. The van der Waals surface area contributed by atoms with E-state index in [1.807, 2.05) is 18.2 Å². The third-order valence-electron chi connectivity index (χ3n) is 4.77. The monoisotopic (exact) mass is 369 g/mol. The molecule has 0 bridgehead atoms. The molecule has 0 radical (unpaired) electrons. The quantitative estimate of drug-likeness (QED) is 0.408.